The Bertz CT molecular complexity index is 136. The van der Waals surface area contributed by atoms with E-state index in [4.69, 9.17) is 15.3 Å². The molecule has 1 atom stereocenters. The van der Waals surface area contributed by atoms with Crippen LogP contribution in [0.5, 0.6) is 0 Å². The van der Waals surface area contributed by atoms with Gasteiger partial charge in [0.2, 0.25) is 0 Å². The van der Waals surface area contributed by atoms with Crippen LogP contribution in [0.1, 0.15) is 6.42 Å². The van der Waals surface area contributed by atoms with Crippen molar-refractivity contribution < 1.29 is 24.9 Å². The molecule has 0 bridgehead atoms. The van der Waals surface area contributed by atoms with Crippen LogP contribution in [0.25, 0.3) is 0 Å². The molecular weight excluding hydrogens is 206 g/mol. The topological polar surface area (TPSA) is 94.8 Å². The fourth-order valence-corrected chi connectivity index (χ4v) is 0.253. The third-order valence-corrected chi connectivity index (χ3v) is 0.653. The van der Waals surface area contributed by atoms with Gasteiger partial charge in [0.05, 0.1) is 6.42 Å². The van der Waals surface area contributed by atoms with Crippen LogP contribution in [0.3, 0.4) is 0 Å². The van der Waals surface area contributed by atoms with Gasteiger partial charge in [-0.1, -0.05) is 0 Å². The van der Waals surface area contributed by atoms with E-state index in [0.29, 0.717) is 0 Å². The third kappa shape index (κ3) is 12.2. The molecule has 0 aromatic heterocycles. The van der Waals surface area contributed by atoms with Crippen molar-refractivity contribution in [2.45, 2.75) is 12.5 Å². The number of hydrogen-bond acceptors (Lipinski definition) is 3. The molecule has 11 heavy (non-hydrogen) atoms. The number of aliphatic hydroxyl groups excluding tert-OH is 1. The fraction of sp³-hybridized carbons (Fsp3) is 0.500. The Hall–Kier alpha value is 2.17. The van der Waals surface area contributed by atoms with Crippen LogP contribution in [0.4, 0.5) is 0 Å². The summed E-state index contributed by atoms with van der Waals surface area (Å²) in [4.78, 5) is 19.4. The van der Waals surface area contributed by atoms with E-state index in [0.717, 1.165) is 0 Å². The molecule has 0 aliphatic heterocycles. The SMILES string of the molecule is O=C(O)CC(O)C(=O)O.[KH].[KH]. The summed E-state index contributed by atoms with van der Waals surface area (Å²) in [6.45, 7) is 0. The summed E-state index contributed by atoms with van der Waals surface area (Å²) in [5, 5.41) is 24.1. The molecule has 1 unspecified atom stereocenters. The molecule has 56 valence electrons. The molecule has 0 amide bonds. The summed E-state index contributed by atoms with van der Waals surface area (Å²) >= 11 is 0. The summed E-state index contributed by atoms with van der Waals surface area (Å²) in [6.07, 6.45) is -2.54. The Morgan fingerprint density at radius 2 is 1.55 bits per heavy atom. The van der Waals surface area contributed by atoms with Crippen molar-refractivity contribution in [2.75, 3.05) is 0 Å². The molecular formula is C4H8K2O5. The molecule has 0 radical (unpaired) electrons. The summed E-state index contributed by atoms with van der Waals surface area (Å²) < 4.78 is 0. The number of hydrogen-bond donors (Lipinski definition) is 3. The standard InChI is InChI=1S/C4H6O5.2K.2H/c5-2(4(8)9)1-3(6)7;;;;/h2,5H,1H2,(H,6,7)(H,8,9);;;;. The monoisotopic (exact) mass is 214 g/mol. The average Bonchev–Trinajstić information content (AvgIpc) is 1.63. The van der Waals surface area contributed by atoms with Gasteiger partial charge >= 0.3 is 115 Å². The van der Waals surface area contributed by atoms with Gasteiger partial charge < -0.3 is 15.3 Å². The predicted octanol–water partition coefficient (Wildman–Crippen LogP) is -2.39. The van der Waals surface area contributed by atoms with E-state index in [-0.39, 0.29) is 103 Å². The predicted molar refractivity (Wildman–Crippen MR) is 40.2 cm³/mol. The first-order chi connectivity index (χ1) is 4.04. The number of rotatable bonds is 3. The fourth-order valence-electron chi connectivity index (χ4n) is 0.253. The van der Waals surface area contributed by atoms with Gasteiger partial charge in [0.15, 0.2) is 6.10 Å². The van der Waals surface area contributed by atoms with Crippen molar-refractivity contribution >= 4 is 115 Å². The van der Waals surface area contributed by atoms with Crippen LogP contribution in [0.15, 0.2) is 0 Å². The van der Waals surface area contributed by atoms with E-state index < -0.39 is 24.5 Å². The van der Waals surface area contributed by atoms with E-state index in [9.17, 15) is 9.59 Å². The molecule has 0 spiro atoms. The Balaban J connectivity index is -0.000000320. The van der Waals surface area contributed by atoms with Gasteiger partial charge in [0, 0.05) is 0 Å². The van der Waals surface area contributed by atoms with Crippen molar-refractivity contribution in [3.63, 3.8) is 0 Å². The van der Waals surface area contributed by atoms with E-state index in [1.54, 1.807) is 0 Å². The quantitative estimate of drug-likeness (QED) is 0.456. The molecule has 0 rings (SSSR count). The Labute approximate surface area is 148 Å². The minimum atomic E-state index is -1.79. The van der Waals surface area contributed by atoms with E-state index in [2.05, 4.69) is 0 Å². The van der Waals surface area contributed by atoms with Crippen LogP contribution >= 0.6 is 0 Å². The minimum absolute atomic E-state index is 0. The van der Waals surface area contributed by atoms with Crippen LogP contribution in [-0.4, -0.2) is 136 Å². The molecule has 0 saturated heterocycles. The van der Waals surface area contributed by atoms with Crippen molar-refractivity contribution in [1.82, 2.24) is 0 Å². The molecule has 0 aromatic carbocycles. The van der Waals surface area contributed by atoms with Gasteiger partial charge in [-0.3, -0.25) is 4.79 Å². The van der Waals surface area contributed by atoms with Crippen molar-refractivity contribution in [2.24, 2.45) is 0 Å². The van der Waals surface area contributed by atoms with Crippen molar-refractivity contribution in [3.05, 3.63) is 0 Å². The number of carboxylic acids is 2. The molecule has 3 N–H and O–H groups in total. The number of aliphatic carboxylic acids is 2. The zero-order valence-electron chi connectivity index (χ0n) is 4.44. The molecule has 0 fully saturated rings. The molecule has 5 nitrogen and oxygen atoms in total. The van der Waals surface area contributed by atoms with E-state index in [1.165, 1.54) is 0 Å². The average molecular weight is 214 g/mol. The second kappa shape index (κ2) is 10.3. The van der Waals surface area contributed by atoms with Crippen molar-refractivity contribution in [1.29, 1.82) is 0 Å². The number of aliphatic hydroxyl groups is 1. The molecule has 0 heterocycles. The zero-order chi connectivity index (χ0) is 7.44. The second-order valence-corrected chi connectivity index (χ2v) is 1.45. The molecule has 0 aliphatic rings. The van der Waals surface area contributed by atoms with Crippen molar-refractivity contribution in [3.8, 4) is 0 Å². The van der Waals surface area contributed by atoms with Gasteiger partial charge in [-0.15, -0.1) is 0 Å². The van der Waals surface area contributed by atoms with E-state index in [1.807, 2.05) is 0 Å². The van der Waals surface area contributed by atoms with Crippen LogP contribution in [0, 0.1) is 0 Å². The Kier molecular flexibility index (Phi) is 17.6. The summed E-state index contributed by atoms with van der Waals surface area (Å²) in [5.74, 6) is -2.85. The third-order valence-electron chi connectivity index (χ3n) is 0.653. The molecule has 0 aliphatic carbocycles. The first-order valence-electron chi connectivity index (χ1n) is 2.16. The normalized spacial score (nSPS) is 10.3. The maximum absolute atomic E-state index is 9.72. The van der Waals surface area contributed by atoms with Crippen LogP contribution in [0.2, 0.25) is 0 Å². The molecule has 0 saturated carbocycles. The summed E-state index contributed by atoms with van der Waals surface area (Å²) in [5.41, 5.74) is 0. The second-order valence-electron chi connectivity index (χ2n) is 1.45. The first kappa shape index (κ1) is 18.9. The van der Waals surface area contributed by atoms with Crippen LogP contribution in [-0.2, 0) is 9.59 Å². The van der Waals surface area contributed by atoms with Gasteiger partial charge in [0.1, 0.15) is 0 Å². The summed E-state index contributed by atoms with van der Waals surface area (Å²) in [6, 6.07) is 0. The first-order valence-corrected chi connectivity index (χ1v) is 2.16. The Morgan fingerprint density at radius 3 is 1.64 bits per heavy atom. The summed E-state index contributed by atoms with van der Waals surface area (Å²) in [7, 11) is 0. The van der Waals surface area contributed by atoms with Gasteiger partial charge in [0.25, 0.3) is 0 Å². The van der Waals surface area contributed by atoms with Gasteiger partial charge in [-0.25, -0.2) is 4.79 Å². The van der Waals surface area contributed by atoms with Gasteiger partial charge in [-0.05, 0) is 0 Å². The number of carbonyl (C=O) groups is 2. The maximum atomic E-state index is 9.72. The molecule has 0 aromatic rings. The van der Waals surface area contributed by atoms with Gasteiger partial charge in [-0.2, -0.15) is 0 Å². The van der Waals surface area contributed by atoms with E-state index >= 15 is 0 Å². The number of carboxylic acid groups (broad SMARTS) is 2. The zero-order valence-corrected chi connectivity index (χ0v) is 4.44. The van der Waals surface area contributed by atoms with Crippen LogP contribution < -0.4 is 0 Å². The molecule has 7 heteroatoms. The Morgan fingerprint density at radius 1 is 1.18 bits per heavy atom.